The number of hydrogen-bond donors (Lipinski definition) is 2. The van der Waals surface area contributed by atoms with Crippen molar-refractivity contribution >= 4 is 11.7 Å². The topological polar surface area (TPSA) is 81.1 Å². The zero-order chi connectivity index (χ0) is 9.84. The summed E-state index contributed by atoms with van der Waals surface area (Å²) in [5.41, 5.74) is 7.01. The van der Waals surface area contributed by atoms with Crippen LogP contribution in [0.25, 0.3) is 0 Å². The molecule has 0 saturated carbocycles. The van der Waals surface area contributed by atoms with Crippen LogP contribution in [0, 0.1) is 6.92 Å². The van der Waals surface area contributed by atoms with Gasteiger partial charge in [-0.25, -0.2) is 0 Å². The van der Waals surface area contributed by atoms with Crippen molar-refractivity contribution in [1.29, 1.82) is 0 Å². The molecule has 0 aliphatic heterocycles. The maximum Gasteiger partial charge on any atom is 0.303 e. The molecule has 0 bridgehead atoms. The van der Waals surface area contributed by atoms with Gasteiger partial charge in [0, 0.05) is 19.2 Å². The van der Waals surface area contributed by atoms with E-state index in [4.69, 9.17) is 10.8 Å². The summed E-state index contributed by atoms with van der Waals surface area (Å²) in [5.74, 6) is -0.781. The minimum Gasteiger partial charge on any atom is -0.481 e. The highest BCUT2D eigenvalue weighted by molar-refractivity contribution is 5.66. The van der Waals surface area contributed by atoms with Crippen LogP contribution in [0.15, 0.2) is 6.20 Å². The van der Waals surface area contributed by atoms with E-state index in [1.165, 1.54) is 0 Å². The second kappa shape index (κ2) is 3.93. The minimum atomic E-state index is -0.781. The van der Waals surface area contributed by atoms with Crippen molar-refractivity contribution < 1.29 is 9.90 Å². The minimum absolute atomic E-state index is 0.165. The molecule has 1 aromatic heterocycles. The van der Waals surface area contributed by atoms with Gasteiger partial charge in [-0.1, -0.05) is 0 Å². The van der Waals surface area contributed by atoms with Gasteiger partial charge < -0.3 is 10.8 Å². The number of aliphatic carboxylic acids is 1. The molecule has 0 fully saturated rings. The summed E-state index contributed by atoms with van der Waals surface area (Å²) in [7, 11) is 0. The Labute approximate surface area is 76.2 Å². The lowest BCUT2D eigenvalue weighted by molar-refractivity contribution is -0.137. The first-order valence-electron chi connectivity index (χ1n) is 4.11. The zero-order valence-corrected chi connectivity index (χ0v) is 7.53. The molecule has 72 valence electrons. The molecule has 1 heterocycles. The average molecular weight is 183 g/mol. The Morgan fingerprint density at radius 2 is 2.46 bits per heavy atom. The van der Waals surface area contributed by atoms with Crippen LogP contribution in [0.2, 0.25) is 0 Å². The second-order valence-corrected chi connectivity index (χ2v) is 2.93. The standard InChI is InChI=1S/C8H13N3O2/c1-6-7(9)5-11(10-6)4-2-3-8(12)13/h5H,2-4,9H2,1H3,(H,12,13). The summed E-state index contributed by atoms with van der Waals surface area (Å²) in [6, 6.07) is 0. The van der Waals surface area contributed by atoms with Gasteiger partial charge in [0.25, 0.3) is 0 Å². The number of carboxylic acids is 1. The molecule has 0 saturated heterocycles. The van der Waals surface area contributed by atoms with Gasteiger partial charge in [0.1, 0.15) is 0 Å². The van der Waals surface area contributed by atoms with Crippen LogP contribution < -0.4 is 5.73 Å². The Balaban J connectivity index is 2.41. The van der Waals surface area contributed by atoms with Crippen LogP contribution in [0.5, 0.6) is 0 Å². The fraction of sp³-hybridized carbons (Fsp3) is 0.500. The van der Waals surface area contributed by atoms with Gasteiger partial charge in [-0.05, 0) is 13.3 Å². The summed E-state index contributed by atoms with van der Waals surface area (Å²) in [5, 5.41) is 12.5. The van der Waals surface area contributed by atoms with Crippen molar-refractivity contribution in [3.63, 3.8) is 0 Å². The lowest BCUT2D eigenvalue weighted by Gasteiger charge is -1.97. The Bertz CT molecular complexity index is 287. The number of carbonyl (C=O) groups is 1. The Hall–Kier alpha value is -1.52. The number of nitrogens with two attached hydrogens (primary N) is 1. The molecule has 1 aromatic rings. The van der Waals surface area contributed by atoms with E-state index < -0.39 is 5.97 Å². The van der Waals surface area contributed by atoms with Crippen LogP contribution in [-0.2, 0) is 11.3 Å². The van der Waals surface area contributed by atoms with Crippen LogP contribution in [0.1, 0.15) is 18.5 Å². The third-order valence-electron chi connectivity index (χ3n) is 1.76. The third kappa shape index (κ3) is 2.77. The van der Waals surface area contributed by atoms with E-state index in [1.54, 1.807) is 10.9 Å². The predicted octanol–water partition coefficient (Wildman–Crippen LogP) is 0.639. The van der Waals surface area contributed by atoms with E-state index in [0.717, 1.165) is 5.69 Å². The van der Waals surface area contributed by atoms with Gasteiger partial charge in [0.05, 0.1) is 11.4 Å². The molecule has 0 atom stereocenters. The van der Waals surface area contributed by atoms with Crippen molar-refractivity contribution in [2.75, 3.05) is 5.73 Å². The van der Waals surface area contributed by atoms with E-state index in [1.807, 2.05) is 6.92 Å². The monoisotopic (exact) mass is 183 g/mol. The number of hydrogen-bond acceptors (Lipinski definition) is 3. The summed E-state index contributed by atoms with van der Waals surface area (Å²) in [4.78, 5) is 10.2. The van der Waals surface area contributed by atoms with Crippen LogP contribution in [-0.4, -0.2) is 20.9 Å². The predicted molar refractivity (Wildman–Crippen MR) is 48.2 cm³/mol. The number of aromatic nitrogens is 2. The van der Waals surface area contributed by atoms with Gasteiger partial charge >= 0.3 is 5.97 Å². The number of nitrogens with zero attached hydrogens (tertiary/aromatic N) is 2. The van der Waals surface area contributed by atoms with E-state index in [9.17, 15) is 4.79 Å². The smallest absolute Gasteiger partial charge is 0.303 e. The summed E-state index contributed by atoms with van der Waals surface area (Å²) >= 11 is 0. The highest BCUT2D eigenvalue weighted by Gasteiger charge is 2.01. The van der Waals surface area contributed by atoms with Gasteiger partial charge in [-0.3, -0.25) is 9.48 Å². The molecule has 5 nitrogen and oxygen atoms in total. The van der Waals surface area contributed by atoms with Crippen molar-refractivity contribution in [3.05, 3.63) is 11.9 Å². The number of nitrogen functional groups attached to an aromatic ring is 1. The zero-order valence-electron chi connectivity index (χ0n) is 7.53. The highest BCUT2D eigenvalue weighted by Crippen LogP contribution is 2.07. The van der Waals surface area contributed by atoms with Crippen molar-refractivity contribution in [1.82, 2.24) is 9.78 Å². The van der Waals surface area contributed by atoms with Crippen LogP contribution in [0.4, 0.5) is 5.69 Å². The van der Waals surface area contributed by atoms with Gasteiger partial charge in [0.15, 0.2) is 0 Å². The molecule has 0 aliphatic carbocycles. The molecule has 0 radical (unpaired) electrons. The maximum atomic E-state index is 10.2. The molecule has 0 spiro atoms. The van der Waals surface area contributed by atoms with Gasteiger partial charge in [-0.15, -0.1) is 0 Å². The lowest BCUT2D eigenvalue weighted by Crippen LogP contribution is -2.02. The number of aryl methyl sites for hydroxylation is 2. The molecule has 0 aromatic carbocycles. The van der Waals surface area contributed by atoms with E-state index in [-0.39, 0.29) is 6.42 Å². The Kier molecular flexibility index (Phi) is 2.89. The molecule has 3 N–H and O–H groups in total. The van der Waals surface area contributed by atoms with Crippen molar-refractivity contribution in [3.8, 4) is 0 Å². The average Bonchev–Trinajstić information content (AvgIpc) is 2.30. The molecule has 0 amide bonds. The fourth-order valence-electron chi connectivity index (χ4n) is 1.04. The SMILES string of the molecule is Cc1nn(CCCC(=O)O)cc1N. The number of anilines is 1. The molecular formula is C8H13N3O2. The molecule has 0 aliphatic rings. The van der Waals surface area contributed by atoms with Crippen molar-refractivity contribution in [2.45, 2.75) is 26.3 Å². The second-order valence-electron chi connectivity index (χ2n) is 2.93. The number of rotatable bonds is 4. The first-order valence-corrected chi connectivity index (χ1v) is 4.11. The van der Waals surface area contributed by atoms with Crippen LogP contribution in [0.3, 0.4) is 0 Å². The Morgan fingerprint density at radius 1 is 1.77 bits per heavy atom. The number of carboxylic acid groups (broad SMARTS) is 1. The first kappa shape index (κ1) is 9.57. The molecule has 5 heteroatoms. The maximum absolute atomic E-state index is 10.2. The molecule has 1 rings (SSSR count). The highest BCUT2D eigenvalue weighted by atomic mass is 16.4. The largest absolute Gasteiger partial charge is 0.481 e. The van der Waals surface area contributed by atoms with Gasteiger partial charge in [-0.2, -0.15) is 5.10 Å². The third-order valence-corrected chi connectivity index (χ3v) is 1.76. The quantitative estimate of drug-likeness (QED) is 0.717. The molecular weight excluding hydrogens is 170 g/mol. The summed E-state index contributed by atoms with van der Waals surface area (Å²) in [6.45, 7) is 2.42. The first-order chi connectivity index (χ1) is 6.09. The molecule has 0 unspecified atom stereocenters. The fourth-order valence-corrected chi connectivity index (χ4v) is 1.04. The van der Waals surface area contributed by atoms with Crippen LogP contribution >= 0.6 is 0 Å². The van der Waals surface area contributed by atoms with E-state index in [2.05, 4.69) is 5.10 Å². The van der Waals surface area contributed by atoms with E-state index in [0.29, 0.717) is 18.7 Å². The van der Waals surface area contributed by atoms with Crippen molar-refractivity contribution in [2.24, 2.45) is 0 Å². The van der Waals surface area contributed by atoms with Gasteiger partial charge in [0.2, 0.25) is 0 Å². The normalized spacial score (nSPS) is 10.2. The summed E-state index contributed by atoms with van der Waals surface area (Å²) < 4.78 is 1.67. The summed E-state index contributed by atoms with van der Waals surface area (Å²) in [6.07, 6.45) is 2.46. The molecule has 13 heavy (non-hydrogen) atoms. The lowest BCUT2D eigenvalue weighted by atomic mass is 10.3. The van der Waals surface area contributed by atoms with E-state index >= 15 is 0 Å². The Morgan fingerprint density at radius 3 is 2.92 bits per heavy atom.